The third kappa shape index (κ3) is 3.44. The van der Waals surface area contributed by atoms with E-state index in [9.17, 15) is 9.59 Å². The molecule has 4 unspecified atom stereocenters. The zero-order chi connectivity index (χ0) is 20.3. The van der Waals surface area contributed by atoms with Crippen molar-refractivity contribution in [1.29, 1.82) is 0 Å². The molecule has 3 aliphatic heterocycles. The highest BCUT2D eigenvalue weighted by molar-refractivity contribution is 5.02. The molecule has 10 heteroatoms. The Morgan fingerprint density at radius 3 is 2.43 bits per heavy atom. The number of aromatic amines is 1. The van der Waals surface area contributed by atoms with Crippen LogP contribution in [-0.2, 0) is 28.4 Å². The van der Waals surface area contributed by atoms with Gasteiger partial charge in [-0.1, -0.05) is 0 Å². The lowest BCUT2D eigenvalue weighted by molar-refractivity contribution is -0.333. The number of H-pyrrole nitrogens is 1. The highest BCUT2D eigenvalue weighted by atomic mass is 16.8. The van der Waals surface area contributed by atoms with Gasteiger partial charge in [0, 0.05) is 19.4 Å². The minimum atomic E-state index is -0.872. The summed E-state index contributed by atoms with van der Waals surface area (Å²) in [6.07, 6.45) is -2.25. The van der Waals surface area contributed by atoms with E-state index in [4.69, 9.17) is 28.4 Å². The number of fused-ring (bicyclic) bond motifs is 3. The number of hydrogen-bond donors (Lipinski definition) is 1. The van der Waals surface area contributed by atoms with Gasteiger partial charge in [-0.3, -0.25) is 14.3 Å². The molecule has 1 N–H and O–H groups in total. The van der Waals surface area contributed by atoms with E-state index in [0.717, 1.165) is 0 Å². The van der Waals surface area contributed by atoms with Crippen molar-refractivity contribution in [2.75, 3.05) is 13.7 Å². The number of ether oxygens (including phenoxy) is 6. The Bertz CT molecular complexity index is 846. The minimum Gasteiger partial charge on any atom is -0.374 e. The van der Waals surface area contributed by atoms with Gasteiger partial charge in [0.2, 0.25) is 0 Å². The SMILES string of the molecule is COC1C(n2ccc(=O)[nH]c2=O)OC2COC(C)(C)O[C@H]2C2OC(C)(C)O[C@H]12. The molecule has 0 saturated carbocycles. The van der Waals surface area contributed by atoms with Crippen molar-refractivity contribution in [3.63, 3.8) is 0 Å². The van der Waals surface area contributed by atoms with Crippen LogP contribution in [0.2, 0.25) is 0 Å². The molecular formula is C18H26N2O8. The average molecular weight is 398 g/mol. The van der Waals surface area contributed by atoms with Gasteiger partial charge in [-0.2, -0.15) is 0 Å². The molecule has 10 nitrogen and oxygen atoms in total. The van der Waals surface area contributed by atoms with Gasteiger partial charge in [0.25, 0.3) is 5.56 Å². The second kappa shape index (κ2) is 6.75. The Morgan fingerprint density at radius 1 is 1.07 bits per heavy atom. The maximum atomic E-state index is 12.4. The minimum absolute atomic E-state index is 0.246. The summed E-state index contributed by atoms with van der Waals surface area (Å²) in [6.45, 7) is 7.52. The zero-order valence-electron chi connectivity index (χ0n) is 16.5. The molecule has 0 aliphatic carbocycles. The monoisotopic (exact) mass is 398 g/mol. The van der Waals surface area contributed by atoms with Crippen LogP contribution >= 0.6 is 0 Å². The molecule has 1 aromatic heterocycles. The third-order valence-corrected chi connectivity index (χ3v) is 5.19. The lowest BCUT2D eigenvalue weighted by atomic mass is 9.99. The van der Waals surface area contributed by atoms with E-state index >= 15 is 0 Å². The molecule has 28 heavy (non-hydrogen) atoms. The van der Waals surface area contributed by atoms with E-state index in [0.29, 0.717) is 0 Å². The summed E-state index contributed by atoms with van der Waals surface area (Å²) in [5.41, 5.74) is -1.10. The fourth-order valence-corrected chi connectivity index (χ4v) is 4.06. The van der Waals surface area contributed by atoms with Gasteiger partial charge in [-0.05, 0) is 27.7 Å². The zero-order valence-corrected chi connectivity index (χ0v) is 16.5. The second-order valence-electron chi connectivity index (χ2n) is 8.14. The number of aromatic nitrogens is 2. The first-order valence-electron chi connectivity index (χ1n) is 9.27. The second-order valence-corrected chi connectivity index (χ2v) is 8.14. The lowest BCUT2D eigenvalue weighted by Crippen LogP contribution is -2.55. The van der Waals surface area contributed by atoms with Gasteiger partial charge in [0.1, 0.15) is 30.5 Å². The first kappa shape index (κ1) is 19.7. The van der Waals surface area contributed by atoms with E-state index in [-0.39, 0.29) is 6.61 Å². The smallest absolute Gasteiger partial charge is 0.330 e. The maximum Gasteiger partial charge on any atom is 0.330 e. The molecule has 6 atom stereocenters. The molecule has 0 radical (unpaired) electrons. The van der Waals surface area contributed by atoms with E-state index < -0.39 is 59.6 Å². The van der Waals surface area contributed by atoms with Crippen LogP contribution in [0, 0.1) is 0 Å². The van der Waals surface area contributed by atoms with Gasteiger partial charge in [-0.25, -0.2) is 4.79 Å². The van der Waals surface area contributed by atoms with Gasteiger partial charge >= 0.3 is 5.69 Å². The predicted molar refractivity (Wildman–Crippen MR) is 94.8 cm³/mol. The molecule has 0 spiro atoms. The Hall–Kier alpha value is -1.56. The lowest BCUT2D eigenvalue weighted by Gasteiger charge is -2.42. The van der Waals surface area contributed by atoms with Crippen molar-refractivity contribution in [1.82, 2.24) is 9.55 Å². The van der Waals surface area contributed by atoms with Crippen LogP contribution in [0.1, 0.15) is 33.9 Å². The van der Waals surface area contributed by atoms with Gasteiger partial charge < -0.3 is 28.4 Å². The van der Waals surface area contributed by atoms with Crippen LogP contribution in [-0.4, -0.2) is 65.4 Å². The molecule has 3 aliphatic rings. The van der Waals surface area contributed by atoms with Crippen LogP contribution in [0.4, 0.5) is 0 Å². The molecule has 3 saturated heterocycles. The number of hydrogen-bond acceptors (Lipinski definition) is 8. The molecule has 1 aromatic rings. The number of nitrogens with zero attached hydrogens (tertiary/aromatic N) is 1. The number of rotatable bonds is 2. The Balaban J connectivity index is 1.79. The summed E-state index contributed by atoms with van der Waals surface area (Å²) < 4.78 is 37.4. The van der Waals surface area contributed by atoms with Crippen LogP contribution in [0.25, 0.3) is 0 Å². The van der Waals surface area contributed by atoms with E-state index in [2.05, 4.69) is 4.98 Å². The summed E-state index contributed by atoms with van der Waals surface area (Å²) in [7, 11) is 1.51. The van der Waals surface area contributed by atoms with Crippen molar-refractivity contribution in [3.05, 3.63) is 33.1 Å². The van der Waals surface area contributed by atoms with Crippen molar-refractivity contribution < 1.29 is 28.4 Å². The Morgan fingerprint density at radius 2 is 1.75 bits per heavy atom. The highest BCUT2D eigenvalue weighted by Gasteiger charge is 2.58. The van der Waals surface area contributed by atoms with Crippen molar-refractivity contribution >= 4 is 0 Å². The maximum absolute atomic E-state index is 12.4. The quantitative estimate of drug-likeness (QED) is 0.748. The van der Waals surface area contributed by atoms with Crippen LogP contribution in [0.3, 0.4) is 0 Å². The van der Waals surface area contributed by atoms with Gasteiger partial charge in [0.15, 0.2) is 17.8 Å². The van der Waals surface area contributed by atoms with E-state index in [1.54, 1.807) is 0 Å². The Kier molecular flexibility index (Phi) is 4.76. The normalized spacial score (nSPS) is 39.0. The first-order chi connectivity index (χ1) is 13.1. The van der Waals surface area contributed by atoms with E-state index in [1.807, 2.05) is 27.7 Å². The predicted octanol–water partition coefficient (Wildman–Crippen LogP) is 0.121. The highest BCUT2D eigenvalue weighted by Crippen LogP contribution is 2.43. The van der Waals surface area contributed by atoms with Crippen LogP contribution in [0.15, 0.2) is 21.9 Å². The van der Waals surface area contributed by atoms with Crippen molar-refractivity contribution in [2.45, 2.75) is 76.0 Å². The topological polar surface area (TPSA) is 110 Å². The molecule has 156 valence electrons. The van der Waals surface area contributed by atoms with Crippen LogP contribution in [0.5, 0.6) is 0 Å². The number of nitrogens with one attached hydrogen (secondary N) is 1. The molecule has 3 fully saturated rings. The van der Waals surface area contributed by atoms with Gasteiger partial charge in [0.05, 0.1) is 6.61 Å². The van der Waals surface area contributed by atoms with Gasteiger partial charge in [-0.15, -0.1) is 0 Å². The molecular weight excluding hydrogens is 372 g/mol. The summed E-state index contributed by atoms with van der Waals surface area (Å²) in [5.74, 6) is -1.68. The summed E-state index contributed by atoms with van der Waals surface area (Å²) in [5, 5.41) is 0. The average Bonchev–Trinajstić information content (AvgIpc) is 2.86. The first-order valence-corrected chi connectivity index (χ1v) is 9.27. The third-order valence-electron chi connectivity index (χ3n) is 5.19. The fraction of sp³-hybridized carbons (Fsp3) is 0.778. The van der Waals surface area contributed by atoms with E-state index in [1.165, 1.54) is 23.9 Å². The number of methoxy groups -OCH3 is 1. The molecule has 0 amide bonds. The molecule has 0 aromatic carbocycles. The summed E-state index contributed by atoms with van der Waals surface area (Å²) >= 11 is 0. The van der Waals surface area contributed by atoms with Crippen molar-refractivity contribution in [3.8, 4) is 0 Å². The molecule has 4 heterocycles. The largest absolute Gasteiger partial charge is 0.374 e. The molecule has 0 bridgehead atoms. The summed E-state index contributed by atoms with van der Waals surface area (Å²) in [4.78, 5) is 26.2. The standard InChI is InChI=1S/C18H26N2O8/c1-17(2)24-8-9-11(26-17)12-13(28-18(3,4)27-12)14(23-5)15(25-9)20-7-6-10(21)19-16(20)22/h6-7,9,11-15H,8H2,1-5H3,(H,19,21,22)/t9?,11-,12?,13+,14?,15?/m1/s1. The summed E-state index contributed by atoms with van der Waals surface area (Å²) in [6, 6.07) is 1.25. The Labute approximate surface area is 161 Å². The van der Waals surface area contributed by atoms with Crippen molar-refractivity contribution in [2.24, 2.45) is 0 Å². The molecule has 4 rings (SSSR count). The fourth-order valence-electron chi connectivity index (χ4n) is 4.06. The van der Waals surface area contributed by atoms with Crippen LogP contribution < -0.4 is 11.2 Å².